The molecule has 0 saturated carbocycles. The van der Waals surface area contributed by atoms with Gasteiger partial charge in [-0.1, -0.05) is 116 Å². The Morgan fingerprint density at radius 3 is 1.57 bits per heavy atom. The van der Waals surface area contributed by atoms with Crippen LogP contribution in [0.1, 0.15) is 84.1 Å². The van der Waals surface area contributed by atoms with Crippen LogP contribution in [0.5, 0.6) is 0 Å². The molecular formula is C53H52N2O. The van der Waals surface area contributed by atoms with E-state index in [9.17, 15) is 0 Å². The van der Waals surface area contributed by atoms with Crippen molar-refractivity contribution in [2.24, 2.45) is 0 Å². The van der Waals surface area contributed by atoms with Gasteiger partial charge in [0.2, 0.25) is 0 Å². The molecule has 0 saturated heterocycles. The minimum absolute atomic E-state index is 0.0108. The van der Waals surface area contributed by atoms with Crippen LogP contribution in [0.4, 0.5) is 34.1 Å². The molecule has 1 aliphatic rings. The van der Waals surface area contributed by atoms with E-state index in [1.54, 1.807) is 0 Å². The number of anilines is 6. The van der Waals surface area contributed by atoms with Gasteiger partial charge in [0.25, 0.3) is 0 Å². The molecule has 3 heteroatoms. The average molecular weight is 733 g/mol. The summed E-state index contributed by atoms with van der Waals surface area (Å²) < 4.78 is 7.01. The van der Waals surface area contributed by atoms with E-state index in [1.807, 2.05) is 0 Å². The van der Waals surface area contributed by atoms with E-state index >= 15 is 0 Å². The van der Waals surface area contributed by atoms with Crippen LogP contribution in [0, 0.1) is 0 Å². The minimum atomic E-state index is 0.0108. The first kappa shape index (κ1) is 35.9. The molecule has 9 rings (SSSR count). The standard InChI is InChI=1S/C53H52N2O/c1-51(2,3)35-19-23-39(24-20-35)54(37-15-11-9-12-16-37)41-27-28-42-45-34-46-49-43(31-32-53(46,7)8)47(30-29-44(49)50(45)56-48(42)33-41)55(38-17-13-10-14-18-38)40-25-21-36(22-26-40)52(4,5)6/h9-30,33-34H,31-32H2,1-8H3. The molecule has 8 aromatic rings. The van der Waals surface area contributed by atoms with Crippen LogP contribution in [0.25, 0.3) is 32.7 Å². The molecule has 0 bridgehead atoms. The number of hydrogen-bond donors (Lipinski definition) is 0. The molecule has 0 unspecified atom stereocenters. The van der Waals surface area contributed by atoms with E-state index < -0.39 is 0 Å². The van der Waals surface area contributed by atoms with Crippen LogP contribution in [-0.2, 0) is 22.7 Å². The molecular weight excluding hydrogens is 681 g/mol. The van der Waals surface area contributed by atoms with Crippen molar-refractivity contribution in [3.63, 3.8) is 0 Å². The summed E-state index contributed by atoms with van der Waals surface area (Å²) in [5.74, 6) is 0. The van der Waals surface area contributed by atoms with Crippen LogP contribution >= 0.6 is 0 Å². The maximum absolute atomic E-state index is 7.01. The Balaban J connectivity index is 1.23. The third kappa shape index (κ3) is 6.14. The predicted molar refractivity (Wildman–Crippen MR) is 239 cm³/mol. The minimum Gasteiger partial charge on any atom is -0.455 e. The van der Waals surface area contributed by atoms with Crippen molar-refractivity contribution in [3.8, 4) is 0 Å². The van der Waals surface area contributed by atoms with Gasteiger partial charge in [-0.05, 0) is 136 Å². The van der Waals surface area contributed by atoms with Crippen LogP contribution in [0.3, 0.4) is 0 Å². The molecule has 56 heavy (non-hydrogen) atoms. The number of furan rings is 1. The summed E-state index contributed by atoms with van der Waals surface area (Å²) in [7, 11) is 0. The Morgan fingerprint density at radius 1 is 0.500 bits per heavy atom. The predicted octanol–water partition coefficient (Wildman–Crippen LogP) is 15.5. The first-order valence-corrected chi connectivity index (χ1v) is 20.1. The van der Waals surface area contributed by atoms with Gasteiger partial charge in [0.1, 0.15) is 11.2 Å². The third-order valence-electron chi connectivity index (χ3n) is 12.0. The molecule has 7 aromatic carbocycles. The summed E-state index contributed by atoms with van der Waals surface area (Å²) in [4.78, 5) is 4.78. The van der Waals surface area contributed by atoms with Crippen molar-refractivity contribution in [3.05, 3.63) is 168 Å². The van der Waals surface area contributed by atoms with Crippen molar-refractivity contribution in [1.82, 2.24) is 0 Å². The molecule has 0 N–H and O–H groups in total. The fraction of sp³-hybridized carbons (Fsp3) is 0.245. The van der Waals surface area contributed by atoms with E-state index in [2.05, 4.69) is 211 Å². The first-order chi connectivity index (χ1) is 26.8. The van der Waals surface area contributed by atoms with E-state index in [1.165, 1.54) is 49.8 Å². The van der Waals surface area contributed by atoms with Gasteiger partial charge < -0.3 is 14.2 Å². The summed E-state index contributed by atoms with van der Waals surface area (Å²) in [5, 5.41) is 4.86. The molecule has 0 atom stereocenters. The highest BCUT2D eigenvalue weighted by molar-refractivity contribution is 6.18. The summed E-state index contributed by atoms with van der Waals surface area (Å²) in [6.45, 7) is 18.4. The van der Waals surface area contributed by atoms with E-state index in [0.717, 1.165) is 52.1 Å². The van der Waals surface area contributed by atoms with Gasteiger partial charge in [-0.15, -0.1) is 0 Å². The molecule has 0 aliphatic heterocycles. The number of aryl methyl sites for hydroxylation is 1. The van der Waals surface area contributed by atoms with Crippen LogP contribution in [0.2, 0.25) is 0 Å². The van der Waals surface area contributed by atoms with Gasteiger partial charge in [-0.3, -0.25) is 0 Å². The highest BCUT2D eigenvalue weighted by atomic mass is 16.3. The molecule has 1 heterocycles. The zero-order valence-electron chi connectivity index (χ0n) is 34.1. The van der Waals surface area contributed by atoms with Crippen molar-refractivity contribution in [2.45, 2.75) is 84.5 Å². The SMILES string of the molecule is CC(C)(C)c1ccc(N(c2ccccc2)c2ccc3c(c2)oc2c4ccc(N(c5ccccc5)c5ccc(C(C)(C)C)cc5)c5c4c(cc32)C(C)(C)CC5)cc1. The van der Waals surface area contributed by atoms with Crippen LogP contribution in [0.15, 0.2) is 150 Å². The molecule has 0 spiro atoms. The van der Waals surface area contributed by atoms with E-state index in [0.29, 0.717) is 0 Å². The summed E-state index contributed by atoms with van der Waals surface area (Å²) in [6.07, 6.45) is 2.06. The topological polar surface area (TPSA) is 19.6 Å². The van der Waals surface area contributed by atoms with Crippen LogP contribution < -0.4 is 9.80 Å². The molecule has 0 fully saturated rings. The monoisotopic (exact) mass is 732 g/mol. The van der Waals surface area contributed by atoms with Crippen molar-refractivity contribution in [2.75, 3.05) is 9.80 Å². The smallest absolute Gasteiger partial charge is 0.143 e. The number of fused-ring (bicyclic) bond motifs is 4. The highest BCUT2D eigenvalue weighted by Gasteiger charge is 2.33. The lowest BCUT2D eigenvalue weighted by Gasteiger charge is -2.36. The maximum Gasteiger partial charge on any atom is 0.143 e. The zero-order valence-corrected chi connectivity index (χ0v) is 34.1. The molecule has 0 radical (unpaired) electrons. The van der Waals surface area contributed by atoms with Crippen LogP contribution in [-0.4, -0.2) is 0 Å². The lowest BCUT2D eigenvalue weighted by atomic mass is 9.71. The van der Waals surface area contributed by atoms with Gasteiger partial charge in [-0.2, -0.15) is 0 Å². The second-order valence-corrected chi connectivity index (χ2v) is 18.4. The van der Waals surface area contributed by atoms with Gasteiger partial charge in [0.05, 0.1) is 0 Å². The van der Waals surface area contributed by atoms with Gasteiger partial charge in [0.15, 0.2) is 0 Å². The number of benzene rings is 7. The largest absolute Gasteiger partial charge is 0.455 e. The number of nitrogens with zero attached hydrogens (tertiary/aromatic N) is 2. The summed E-state index contributed by atoms with van der Waals surface area (Å²) in [5.41, 5.74) is 14.3. The molecule has 1 aromatic heterocycles. The lowest BCUT2D eigenvalue weighted by molar-refractivity contribution is 0.475. The van der Waals surface area contributed by atoms with Gasteiger partial charge >= 0.3 is 0 Å². The number of rotatable bonds is 6. The van der Waals surface area contributed by atoms with Gasteiger partial charge in [-0.25, -0.2) is 0 Å². The van der Waals surface area contributed by atoms with E-state index in [-0.39, 0.29) is 16.2 Å². The second-order valence-electron chi connectivity index (χ2n) is 18.4. The third-order valence-corrected chi connectivity index (χ3v) is 12.0. The Morgan fingerprint density at radius 2 is 1.00 bits per heavy atom. The molecule has 1 aliphatic carbocycles. The maximum atomic E-state index is 7.01. The fourth-order valence-electron chi connectivity index (χ4n) is 8.76. The molecule has 280 valence electrons. The van der Waals surface area contributed by atoms with Crippen molar-refractivity contribution in [1.29, 1.82) is 0 Å². The second kappa shape index (κ2) is 13.2. The summed E-state index contributed by atoms with van der Waals surface area (Å²) >= 11 is 0. The van der Waals surface area contributed by atoms with Crippen molar-refractivity contribution < 1.29 is 4.42 Å². The first-order valence-electron chi connectivity index (χ1n) is 20.1. The number of hydrogen-bond acceptors (Lipinski definition) is 3. The summed E-state index contributed by atoms with van der Waals surface area (Å²) in [6, 6.07) is 53.4. The average Bonchev–Trinajstić information content (AvgIpc) is 3.55. The fourth-order valence-corrected chi connectivity index (χ4v) is 8.76. The zero-order chi connectivity index (χ0) is 39.0. The Bertz CT molecular complexity index is 2710. The van der Waals surface area contributed by atoms with Crippen molar-refractivity contribution >= 4 is 66.8 Å². The highest BCUT2D eigenvalue weighted by Crippen LogP contribution is 2.51. The normalized spacial score (nSPS) is 14.1. The quantitative estimate of drug-likeness (QED) is 0.170. The Hall–Kier alpha value is -5.80. The Kier molecular flexibility index (Phi) is 8.43. The molecule has 3 nitrogen and oxygen atoms in total. The van der Waals surface area contributed by atoms with Gasteiger partial charge in [0, 0.05) is 56.3 Å². The number of para-hydroxylation sites is 2. The Labute approximate surface area is 332 Å². The van der Waals surface area contributed by atoms with E-state index in [4.69, 9.17) is 4.42 Å². The molecule has 0 amide bonds. The lowest BCUT2D eigenvalue weighted by Crippen LogP contribution is -2.24.